The summed E-state index contributed by atoms with van der Waals surface area (Å²) in [7, 11) is 1.97. The number of aryl methyl sites for hydroxylation is 1. The van der Waals surface area contributed by atoms with Gasteiger partial charge in [-0.1, -0.05) is 0 Å². The van der Waals surface area contributed by atoms with E-state index in [2.05, 4.69) is 21.5 Å². The number of hydrogen-bond acceptors (Lipinski definition) is 3. The summed E-state index contributed by atoms with van der Waals surface area (Å²) in [6.45, 7) is 5.87. The first-order valence-electron chi connectivity index (χ1n) is 5.75. The van der Waals surface area contributed by atoms with Gasteiger partial charge in [-0.3, -0.25) is 4.68 Å². The quantitative estimate of drug-likeness (QED) is 0.900. The Morgan fingerprint density at radius 2 is 2.12 bits per heavy atom. The molecule has 1 N–H and O–H groups in total. The molecule has 17 heavy (non-hydrogen) atoms. The van der Waals surface area contributed by atoms with E-state index in [0.29, 0.717) is 0 Å². The zero-order chi connectivity index (χ0) is 10.5. The van der Waals surface area contributed by atoms with Gasteiger partial charge in [-0.15, -0.1) is 24.8 Å². The summed E-state index contributed by atoms with van der Waals surface area (Å²) >= 11 is 0. The van der Waals surface area contributed by atoms with Gasteiger partial charge in [0.1, 0.15) is 0 Å². The second-order valence-electron chi connectivity index (χ2n) is 4.22. The third-order valence-electron chi connectivity index (χ3n) is 2.91. The molecule has 1 aromatic heterocycles. The van der Waals surface area contributed by atoms with Crippen LogP contribution in [0.5, 0.6) is 0 Å². The average molecular weight is 281 g/mol. The Balaban J connectivity index is 0.00000128. The molecule has 0 radical (unpaired) electrons. The van der Waals surface area contributed by atoms with Crippen molar-refractivity contribution in [1.82, 2.24) is 20.0 Å². The van der Waals surface area contributed by atoms with Crippen molar-refractivity contribution < 1.29 is 0 Å². The largest absolute Gasteiger partial charge is 0.315 e. The number of halogens is 2. The molecule has 0 spiro atoms. The molecule has 0 amide bonds. The topological polar surface area (TPSA) is 33.1 Å². The molecular formula is C11H22Cl2N4. The molecule has 0 bridgehead atoms. The third kappa shape index (κ3) is 5.73. The molecule has 1 aromatic rings. The molecule has 4 nitrogen and oxygen atoms in total. The van der Waals surface area contributed by atoms with Crippen molar-refractivity contribution >= 4 is 24.8 Å². The predicted octanol–water partition coefficient (Wildman–Crippen LogP) is 1.10. The monoisotopic (exact) mass is 280 g/mol. The molecule has 0 aliphatic carbocycles. The summed E-state index contributed by atoms with van der Waals surface area (Å²) in [6, 6.07) is 0. The number of aromatic nitrogens is 2. The third-order valence-corrected chi connectivity index (χ3v) is 2.91. The summed E-state index contributed by atoms with van der Waals surface area (Å²) in [5.41, 5.74) is 1.34. The molecule has 6 heteroatoms. The first-order valence-corrected chi connectivity index (χ1v) is 5.75. The van der Waals surface area contributed by atoms with Gasteiger partial charge in [0.25, 0.3) is 0 Å². The van der Waals surface area contributed by atoms with Gasteiger partial charge in [0.05, 0.1) is 6.20 Å². The zero-order valence-electron chi connectivity index (χ0n) is 10.3. The Hall–Kier alpha value is -0.290. The Labute approximate surface area is 116 Å². The molecule has 1 aliphatic heterocycles. The Morgan fingerprint density at radius 1 is 1.29 bits per heavy atom. The van der Waals surface area contributed by atoms with Crippen LogP contribution in [0.2, 0.25) is 0 Å². The van der Waals surface area contributed by atoms with Gasteiger partial charge in [0, 0.05) is 32.9 Å². The van der Waals surface area contributed by atoms with E-state index in [0.717, 1.165) is 19.5 Å². The minimum Gasteiger partial charge on any atom is -0.315 e. The van der Waals surface area contributed by atoms with E-state index in [1.807, 2.05) is 17.9 Å². The number of rotatable bonds is 3. The molecule has 0 unspecified atom stereocenters. The van der Waals surface area contributed by atoms with Crippen LogP contribution in [-0.4, -0.2) is 47.4 Å². The van der Waals surface area contributed by atoms with E-state index < -0.39 is 0 Å². The fraction of sp³-hybridized carbons (Fsp3) is 0.727. The van der Waals surface area contributed by atoms with Crippen molar-refractivity contribution in [3.05, 3.63) is 18.0 Å². The SMILES string of the molecule is Cl.Cl.Cn1cc(CCN2CCCNCC2)cn1. The van der Waals surface area contributed by atoms with Crippen molar-refractivity contribution in [2.45, 2.75) is 12.8 Å². The molecule has 1 saturated heterocycles. The lowest BCUT2D eigenvalue weighted by Crippen LogP contribution is -2.29. The molecule has 1 fully saturated rings. The van der Waals surface area contributed by atoms with Crippen LogP contribution in [0.3, 0.4) is 0 Å². The second-order valence-corrected chi connectivity index (χ2v) is 4.22. The highest BCUT2D eigenvalue weighted by Gasteiger charge is 2.08. The summed E-state index contributed by atoms with van der Waals surface area (Å²) < 4.78 is 1.87. The summed E-state index contributed by atoms with van der Waals surface area (Å²) in [5.74, 6) is 0. The first kappa shape index (κ1) is 16.7. The summed E-state index contributed by atoms with van der Waals surface area (Å²) in [5, 5.41) is 7.61. The van der Waals surface area contributed by atoms with Crippen LogP contribution in [-0.2, 0) is 13.5 Å². The zero-order valence-corrected chi connectivity index (χ0v) is 11.9. The first-order chi connectivity index (χ1) is 7.34. The smallest absolute Gasteiger partial charge is 0.0522 e. The average Bonchev–Trinajstić information content (AvgIpc) is 2.52. The lowest BCUT2D eigenvalue weighted by Gasteiger charge is -2.18. The fourth-order valence-electron chi connectivity index (χ4n) is 2.01. The Bertz CT molecular complexity index is 295. The van der Waals surface area contributed by atoms with Crippen LogP contribution in [0.4, 0.5) is 0 Å². The lowest BCUT2D eigenvalue weighted by atomic mass is 10.2. The van der Waals surface area contributed by atoms with Gasteiger partial charge in [-0.05, 0) is 31.5 Å². The molecule has 0 saturated carbocycles. The van der Waals surface area contributed by atoms with E-state index in [1.165, 1.54) is 31.6 Å². The van der Waals surface area contributed by atoms with Gasteiger partial charge in [-0.25, -0.2) is 0 Å². The van der Waals surface area contributed by atoms with Crippen molar-refractivity contribution in [2.24, 2.45) is 7.05 Å². The predicted molar refractivity (Wildman–Crippen MR) is 75.3 cm³/mol. The lowest BCUT2D eigenvalue weighted by molar-refractivity contribution is 0.296. The van der Waals surface area contributed by atoms with E-state index in [4.69, 9.17) is 0 Å². The normalized spacial score (nSPS) is 16.8. The van der Waals surface area contributed by atoms with E-state index in [-0.39, 0.29) is 24.8 Å². The highest BCUT2D eigenvalue weighted by atomic mass is 35.5. The maximum atomic E-state index is 4.18. The van der Waals surface area contributed by atoms with Crippen LogP contribution in [0, 0.1) is 0 Å². The second kappa shape index (κ2) is 8.75. The molecule has 2 heterocycles. The van der Waals surface area contributed by atoms with Crippen molar-refractivity contribution in [1.29, 1.82) is 0 Å². The van der Waals surface area contributed by atoms with Gasteiger partial charge in [-0.2, -0.15) is 5.10 Å². The Morgan fingerprint density at radius 3 is 2.82 bits per heavy atom. The van der Waals surface area contributed by atoms with Crippen LogP contribution in [0.15, 0.2) is 12.4 Å². The maximum Gasteiger partial charge on any atom is 0.0522 e. The van der Waals surface area contributed by atoms with Crippen LogP contribution in [0.1, 0.15) is 12.0 Å². The van der Waals surface area contributed by atoms with Crippen LogP contribution in [0.25, 0.3) is 0 Å². The molecule has 1 aliphatic rings. The highest BCUT2D eigenvalue weighted by Crippen LogP contribution is 2.01. The number of nitrogens with one attached hydrogen (secondary N) is 1. The molecule has 2 rings (SSSR count). The van der Waals surface area contributed by atoms with Gasteiger partial charge >= 0.3 is 0 Å². The van der Waals surface area contributed by atoms with Crippen molar-refractivity contribution in [2.75, 3.05) is 32.7 Å². The van der Waals surface area contributed by atoms with E-state index in [9.17, 15) is 0 Å². The van der Waals surface area contributed by atoms with Crippen LogP contribution >= 0.6 is 24.8 Å². The summed E-state index contributed by atoms with van der Waals surface area (Å²) in [4.78, 5) is 2.53. The molecule has 0 atom stereocenters. The van der Waals surface area contributed by atoms with E-state index >= 15 is 0 Å². The van der Waals surface area contributed by atoms with Gasteiger partial charge in [0.2, 0.25) is 0 Å². The molecular weight excluding hydrogens is 259 g/mol. The van der Waals surface area contributed by atoms with Crippen molar-refractivity contribution in [3.63, 3.8) is 0 Å². The van der Waals surface area contributed by atoms with E-state index in [1.54, 1.807) is 0 Å². The standard InChI is InChI=1S/C11H20N4.2ClH/c1-14-10-11(9-13-14)3-7-15-6-2-4-12-5-8-15;;/h9-10,12H,2-8H2,1H3;2*1H. The van der Waals surface area contributed by atoms with Gasteiger partial charge in [0.15, 0.2) is 0 Å². The van der Waals surface area contributed by atoms with Gasteiger partial charge < -0.3 is 10.2 Å². The number of hydrogen-bond donors (Lipinski definition) is 1. The highest BCUT2D eigenvalue weighted by molar-refractivity contribution is 5.85. The molecule has 0 aromatic carbocycles. The number of nitrogens with zero attached hydrogens (tertiary/aromatic N) is 3. The Kier molecular flexibility index (Phi) is 8.60. The minimum atomic E-state index is 0. The fourth-order valence-corrected chi connectivity index (χ4v) is 2.01. The minimum absolute atomic E-state index is 0. The summed E-state index contributed by atoms with van der Waals surface area (Å²) in [6.07, 6.45) is 6.47. The molecule has 100 valence electrons. The van der Waals surface area contributed by atoms with Crippen molar-refractivity contribution in [3.8, 4) is 0 Å². The van der Waals surface area contributed by atoms with Crippen LogP contribution < -0.4 is 5.32 Å². The maximum absolute atomic E-state index is 4.18.